The van der Waals surface area contributed by atoms with Gasteiger partial charge in [0, 0.05) is 57.6 Å². The Bertz CT molecular complexity index is 744. The van der Waals surface area contributed by atoms with Gasteiger partial charge in [0.1, 0.15) is 0 Å². The number of anilines is 1. The van der Waals surface area contributed by atoms with Gasteiger partial charge in [-0.2, -0.15) is 5.10 Å². The highest BCUT2D eigenvalue weighted by Crippen LogP contribution is 2.28. The highest BCUT2D eigenvalue weighted by molar-refractivity contribution is 5.80. The molecule has 3 heterocycles. The zero-order chi connectivity index (χ0) is 17.9. The quantitative estimate of drug-likeness (QED) is 0.852. The minimum absolute atomic E-state index is 0.00849. The van der Waals surface area contributed by atoms with Crippen LogP contribution in [-0.4, -0.2) is 48.4 Å². The molecular weight excluding hydrogens is 326 g/mol. The molecule has 0 aliphatic carbocycles. The van der Waals surface area contributed by atoms with Crippen molar-refractivity contribution in [2.75, 3.05) is 37.6 Å². The number of nitrogens with one attached hydrogen (secondary N) is 2. The molecule has 0 radical (unpaired) electrons. The smallest absolute Gasteiger partial charge is 0.225 e. The van der Waals surface area contributed by atoms with Gasteiger partial charge in [0.2, 0.25) is 5.91 Å². The molecule has 0 spiro atoms. The number of benzene rings is 1. The number of hydrogen-bond acceptors (Lipinski definition) is 4. The summed E-state index contributed by atoms with van der Waals surface area (Å²) in [4.78, 5) is 15.2. The molecule has 1 unspecified atom stereocenters. The van der Waals surface area contributed by atoms with Gasteiger partial charge in [-0.25, -0.2) is 0 Å². The number of hydrogen-bond donors (Lipinski definition) is 2. The van der Waals surface area contributed by atoms with Gasteiger partial charge < -0.3 is 15.5 Å². The lowest BCUT2D eigenvalue weighted by atomic mass is 9.90. The van der Waals surface area contributed by atoms with Crippen LogP contribution in [0.2, 0.25) is 0 Å². The van der Waals surface area contributed by atoms with E-state index in [4.69, 9.17) is 0 Å². The molecule has 0 bridgehead atoms. The summed E-state index contributed by atoms with van der Waals surface area (Å²) in [6.07, 6.45) is 5.03. The summed E-state index contributed by atoms with van der Waals surface area (Å²) in [6.45, 7) is 4.42. The number of para-hydroxylation sites is 1. The standard InChI is InChI=1S/C20H27N5O/c1-24-14-16(10-23-24)18-11-21-12-19(18)20(26)22-9-15-7-8-25(13-15)17-5-3-2-4-6-17/h2-6,10,14-15,18-19,21H,7-9,11-13H2,1H3,(H,22,26)/t15?,18-,19+/m1/s1. The number of rotatable bonds is 5. The second kappa shape index (κ2) is 7.50. The molecule has 6 nitrogen and oxygen atoms in total. The highest BCUT2D eigenvalue weighted by atomic mass is 16.1. The van der Waals surface area contributed by atoms with E-state index in [1.54, 1.807) is 4.68 Å². The van der Waals surface area contributed by atoms with Crippen LogP contribution in [0.4, 0.5) is 5.69 Å². The summed E-state index contributed by atoms with van der Waals surface area (Å²) in [6, 6.07) is 10.5. The van der Waals surface area contributed by atoms with E-state index in [0.29, 0.717) is 5.92 Å². The monoisotopic (exact) mass is 353 g/mol. The van der Waals surface area contributed by atoms with Crippen LogP contribution >= 0.6 is 0 Å². The van der Waals surface area contributed by atoms with Crippen molar-refractivity contribution in [2.45, 2.75) is 12.3 Å². The predicted octanol–water partition coefficient (Wildman–Crippen LogP) is 1.37. The van der Waals surface area contributed by atoms with Crippen molar-refractivity contribution in [3.05, 3.63) is 48.3 Å². The van der Waals surface area contributed by atoms with E-state index in [-0.39, 0.29) is 17.7 Å². The van der Waals surface area contributed by atoms with Crippen LogP contribution in [0.15, 0.2) is 42.7 Å². The van der Waals surface area contributed by atoms with Gasteiger partial charge in [0.15, 0.2) is 0 Å². The molecule has 0 saturated carbocycles. The molecule has 2 aromatic rings. The highest BCUT2D eigenvalue weighted by Gasteiger charge is 2.35. The van der Waals surface area contributed by atoms with E-state index < -0.39 is 0 Å². The first-order valence-electron chi connectivity index (χ1n) is 9.47. The zero-order valence-corrected chi connectivity index (χ0v) is 15.3. The Morgan fingerprint density at radius 1 is 1.31 bits per heavy atom. The average molecular weight is 353 g/mol. The fourth-order valence-electron chi connectivity index (χ4n) is 4.18. The SMILES string of the molecule is Cn1cc([C@H]2CNC[C@@H]2C(=O)NCC2CCN(c3ccccc3)C2)cn1. The number of aryl methyl sites for hydroxylation is 1. The van der Waals surface area contributed by atoms with Crippen LogP contribution in [0, 0.1) is 11.8 Å². The van der Waals surface area contributed by atoms with Crippen molar-refractivity contribution in [1.82, 2.24) is 20.4 Å². The van der Waals surface area contributed by atoms with Crippen molar-refractivity contribution in [3.63, 3.8) is 0 Å². The fourth-order valence-corrected chi connectivity index (χ4v) is 4.18. The lowest BCUT2D eigenvalue weighted by Gasteiger charge is -2.20. The second-order valence-electron chi connectivity index (χ2n) is 7.50. The van der Waals surface area contributed by atoms with Gasteiger partial charge in [-0.1, -0.05) is 18.2 Å². The molecule has 26 heavy (non-hydrogen) atoms. The first kappa shape index (κ1) is 17.1. The van der Waals surface area contributed by atoms with Gasteiger partial charge in [-0.05, 0) is 30.0 Å². The topological polar surface area (TPSA) is 62.2 Å². The van der Waals surface area contributed by atoms with Crippen molar-refractivity contribution in [2.24, 2.45) is 18.9 Å². The molecule has 1 aromatic heterocycles. The molecule has 3 atom stereocenters. The van der Waals surface area contributed by atoms with Gasteiger partial charge in [0.25, 0.3) is 0 Å². The molecule has 138 valence electrons. The van der Waals surface area contributed by atoms with E-state index in [2.05, 4.69) is 44.9 Å². The molecular formula is C20H27N5O. The zero-order valence-electron chi connectivity index (χ0n) is 15.3. The molecule has 1 amide bonds. The van der Waals surface area contributed by atoms with Crippen molar-refractivity contribution in [1.29, 1.82) is 0 Å². The Labute approximate surface area is 154 Å². The third kappa shape index (κ3) is 3.60. The number of carbonyl (C=O) groups is 1. The summed E-state index contributed by atoms with van der Waals surface area (Å²) < 4.78 is 1.80. The Balaban J connectivity index is 1.30. The minimum atomic E-state index is -0.00849. The average Bonchev–Trinajstić information content (AvgIpc) is 3.40. The maximum Gasteiger partial charge on any atom is 0.225 e. The van der Waals surface area contributed by atoms with E-state index in [0.717, 1.165) is 44.7 Å². The van der Waals surface area contributed by atoms with Gasteiger partial charge >= 0.3 is 0 Å². The van der Waals surface area contributed by atoms with E-state index in [9.17, 15) is 4.79 Å². The van der Waals surface area contributed by atoms with Crippen LogP contribution < -0.4 is 15.5 Å². The number of aromatic nitrogens is 2. The number of nitrogens with zero attached hydrogens (tertiary/aromatic N) is 3. The van der Waals surface area contributed by atoms with E-state index in [1.165, 1.54) is 5.69 Å². The second-order valence-corrected chi connectivity index (χ2v) is 7.50. The normalized spacial score (nSPS) is 25.6. The lowest BCUT2D eigenvalue weighted by molar-refractivity contribution is -0.125. The minimum Gasteiger partial charge on any atom is -0.371 e. The van der Waals surface area contributed by atoms with Crippen molar-refractivity contribution >= 4 is 11.6 Å². The Kier molecular flexibility index (Phi) is 4.93. The van der Waals surface area contributed by atoms with E-state index in [1.807, 2.05) is 25.5 Å². The maximum atomic E-state index is 12.8. The van der Waals surface area contributed by atoms with Crippen LogP contribution in [-0.2, 0) is 11.8 Å². The van der Waals surface area contributed by atoms with Crippen LogP contribution in [0.5, 0.6) is 0 Å². The summed E-state index contributed by atoms with van der Waals surface area (Å²) in [7, 11) is 1.92. The van der Waals surface area contributed by atoms with Gasteiger partial charge in [-0.15, -0.1) is 0 Å². The Hall–Kier alpha value is -2.34. The maximum absolute atomic E-state index is 12.8. The number of amides is 1. The van der Waals surface area contributed by atoms with Gasteiger partial charge in [-0.3, -0.25) is 9.48 Å². The molecule has 4 rings (SSSR count). The first-order chi connectivity index (χ1) is 12.7. The Morgan fingerprint density at radius 3 is 2.92 bits per heavy atom. The van der Waals surface area contributed by atoms with Gasteiger partial charge in [0.05, 0.1) is 12.1 Å². The van der Waals surface area contributed by atoms with Crippen LogP contribution in [0.1, 0.15) is 17.9 Å². The third-order valence-electron chi connectivity index (χ3n) is 5.68. The molecule has 2 saturated heterocycles. The first-order valence-corrected chi connectivity index (χ1v) is 9.47. The third-order valence-corrected chi connectivity index (χ3v) is 5.68. The fraction of sp³-hybridized carbons (Fsp3) is 0.500. The summed E-state index contributed by atoms with van der Waals surface area (Å²) in [5, 5.41) is 10.8. The molecule has 6 heteroatoms. The number of carbonyl (C=O) groups excluding carboxylic acids is 1. The summed E-state index contributed by atoms with van der Waals surface area (Å²) >= 11 is 0. The summed E-state index contributed by atoms with van der Waals surface area (Å²) in [5.41, 5.74) is 2.42. The molecule has 2 fully saturated rings. The summed E-state index contributed by atoms with van der Waals surface area (Å²) in [5.74, 6) is 0.895. The lowest BCUT2D eigenvalue weighted by Crippen LogP contribution is -2.37. The molecule has 1 aromatic carbocycles. The van der Waals surface area contributed by atoms with Crippen LogP contribution in [0.25, 0.3) is 0 Å². The molecule has 2 N–H and O–H groups in total. The largest absolute Gasteiger partial charge is 0.371 e. The molecule has 2 aliphatic rings. The van der Waals surface area contributed by atoms with Crippen molar-refractivity contribution < 1.29 is 4.79 Å². The predicted molar refractivity (Wildman–Crippen MR) is 102 cm³/mol. The van der Waals surface area contributed by atoms with Crippen molar-refractivity contribution in [3.8, 4) is 0 Å². The van der Waals surface area contributed by atoms with Crippen LogP contribution in [0.3, 0.4) is 0 Å². The Morgan fingerprint density at radius 2 is 2.15 bits per heavy atom. The molecule has 2 aliphatic heterocycles. The van der Waals surface area contributed by atoms with E-state index >= 15 is 0 Å².